The Labute approximate surface area is 92.8 Å². The van der Waals surface area contributed by atoms with Gasteiger partial charge in [0, 0.05) is 0 Å². The summed E-state index contributed by atoms with van der Waals surface area (Å²) >= 11 is 0. The Morgan fingerprint density at radius 1 is 1.40 bits per heavy atom. The molecule has 15 heavy (non-hydrogen) atoms. The number of primary amides is 1. The molecule has 88 valence electrons. The van der Waals surface area contributed by atoms with E-state index in [-0.39, 0.29) is 11.3 Å². The van der Waals surface area contributed by atoms with E-state index in [9.17, 15) is 4.79 Å². The fourth-order valence-electron chi connectivity index (χ4n) is 2.39. The summed E-state index contributed by atoms with van der Waals surface area (Å²) in [4.78, 5) is 11.4. The van der Waals surface area contributed by atoms with Crippen LogP contribution in [0.3, 0.4) is 0 Å². The van der Waals surface area contributed by atoms with Crippen molar-refractivity contribution in [1.82, 2.24) is 5.32 Å². The lowest BCUT2D eigenvalue weighted by molar-refractivity contribution is -0.127. The van der Waals surface area contributed by atoms with Gasteiger partial charge >= 0.3 is 0 Å². The topological polar surface area (TPSA) is 55.1 Å². The minimum absolute atomic E-state index is 0.0913. The third kappa shape index (κ3) is 3.49. The molecule has 0 bridgehead atoms. The van der Waals surface area contributed by atoms with Gasteiger partial charge in [0.25, 0.3) is 0 Å². The highest BCUT2D eigenvalue weighted by Crippen LogP contribution is 2.40. The van der Waals surface area contributed by atoms with Crippen molar-refractivity contribution in [1.29, 1.82) is 0 Å². The van der Waals surface area contributed by atoms with Gasteiger partial charge in [0.2, 0.25) is 5.91 Å². The molecule has 0 spiro atoms. The second kappa shape index (κ2) is 5.50. The van der Waals surface area contributed by atoms with Crippen molar-refractivity contribution in [2.45, 2.75) is 46.0 Å². The lowest BCUT2D eigenvalue weighted by Gasteiger charge is -2.25. The van der Waals surface area contributed by atoms with E-state index in [1.54, 1.807) is 0 Å². The molecule has 0 saturated heterocycles. The SMILES string of the molecule is CC(C)CNCCC1(C(N)=O)CCCC1. The molecule has 1 rings (SSSR count). The lowest BCUT2D eigenvalue weighted by atomic mass is 9.82. The summed E-state index contributed by atoms with van der Waals surface area (Å²) in [5.41, 5.74) is 5.32. The zero-order valence-electron chi connectivity index (χ0n) is 10.0. The Bertz CT molecular complexity index is 208. The van der Waals surface area contributed by atoms with Gasteiger partial charge in [-0.25, -0.2) is 0 Å². The first-order chi connectivity index (χ1) is 7.07. The number of rotatable bonds is 6. The third-order valence-corrected chi connectivity index (χ3v) is 3.42. The smallest absolute Gasteiger partial charge is 0.223 e. The van der Waals surface area contributed by atoms with E-state index < -0.39 is 0 Å². The molecule has 0 aromatic rings. The monoisotopic (exact) mass is 212 g/mol. The molecule has 0 aliphatic heterocycles. The van der Waals surface area contributed by atoms with Gasteiger partial charge in [-0.15, -0.1) is 0 Å². The van der Waals surface area contributed by atoms with Crippen LogP contribution in [0.2, 0.25) is 0 Å². The third-order valence-electron chi connectivity index (χ3n) is 3.42. The van der Waals surface area contributed by atoms with Crippen LogP contribution in [-0.2, 0) is 4.79 Å². The molecule has 0 unspecified atom stereocenters. The zero-order valence-corrected chi connectivity index (χ0v) is 10.0. The number of hydrogen-bond acceptors (Lipinski definition) is 2. The van der Waals surface area contributed by atoms with Crippen LogP contribution in [0.15, 0.2) is 0 Å². The summed E-state index contributed by atoms with van der Waals surface area (Å²) in [5, 5.41) is 3.38. The van der Waals surface area contributed by atoms with Crippen molar-refractivity contribution in [3.05, 3.63) is 0 Å². The van der Waals surface area contributed by atoms with Crippen molar-refractivity contribution >= 4 is 5.91 Å². The highest BCUT2D eigenvalue weighted by molar-refractivity contribution is 5.81. The number of nitrogens with one attached hydrogen (secondary N) is 1. The summed E-state index contributed by atoms with van der Waals surface area (Å²) in [6, 6.07) is 0. The molecule has 0 heterocycles. The summed E-state index contributed by atoms with van der Waals surface area (Å²) in [5.74, 6) is 0.574. The molecule has 0 atom stereocenters. The average molecular weight is 212 g/mol. The molecule has 1 fully saturated rings. The first-order valence-electron chi connectivity index (χ1n) is 6.07. The maximum absolute atomic E-state index is 11.4. The number of carbonyl (C=O) groups excluding carboxylic acids is 1. The van der Waals surface area contributed by atoms with Crippen LogP contribution in [-0.4, -0.2) is 19.0 Å². The van der Waals surface area contributed by atoms with Gasteiger partial charge in [0.1, 0.15) is 0 Å². The van der Waals surface area contributed by atoms with E-state index in [0.717, 1.165) is 45.2 Å². The molecule has 1 saturated carbocycles. The first-order valence-corrected chi connectivity index (χ1v) is 6.07. The van der Waals surface area contributed by atoms with E-state index in [1.165, 1.54) is 0 Å². The number of amides is 1. The summed E-state index contributed by atoms with van der Waals surface area (Å²) in [7, 11) is 0. The normalized spacial score (nSPS) is 19.7. The van der Waals surface area contributed by atoms with E-state index in [2.05, 4.69) is 19.2 Å². The minimum atomic E-state index is -0.190. The van der Waals surface area contributed by atoms with Gasteiger partial charge in [-0.2, -0.15) is 0 Å². The zero-order chi connectivity index (χ0) is 11.3. The Kier molecular flexibility index (Phi) is 4.58. The van der Waals surface area contributed by atoms with Crippen LogP contribution in [0, 0.1) is 11.3 Å². The number of hydrogen-bond donors (Lipinski definition) is 2. The molecular formula is C12H24N2O. The molecule has 3 nitrogen and oxygen atoms in total. The van der Waals surface area contributed by atoms with Crippen LogP contribution in [0.4, 0.5) is 0 Å². The lowest BCUT2D eigenvalue weighted by Crippen LogP contribution is -2.37. The molecule has 3 heteroatoms. The summed E-state index contributed by atoms with van der Waals surface area (Å²) in [6.45, 7) is 6.31. The first kappa shape index (κ1) is 12.5. The summed E-state index contributed by atoms with van der Waals surface area (Å²) in [6.07, 6.45) is 5.21. The van der Waals surface area contributed by atoms with Crippen molar-refractivity contribution in [2.24, 2.45) is 17.1 Å². The maximum atomic E-state index is 11.4. The van der Waals surface area contributed by atoms with Gasteiger partial charge < -0.3 is 11.1 Å². The standard InChI is InChI=1S/C12H24N2O/c1-10(2)9-14-8-7-12(11(13)15)5-3-4-6-12/h10,14H,3-9H2,1-2H3,(H2,13,15). The average Bonchev–Trinajstić information content (AvgIpc) is 2.62. The van der Waals surface area contributed by atoms with Crippen molar-refractivity contribution in [3.8, 4) is 0 Å². The Hall–Kier alpha value is -0.570. The predicted octanol–water partition coefficient (Wildman–Crippen LogP) is 1.67. The van der Waals surface area contributed by atoms with E-state index in [0.29, 0.717) is 5.92 Å². The molecule has 1 aliphatic rings. The van der Waals surface area contributed by atoms with Gasteiger partial charge in [-0.1, -0.05) is 26.7 Å². The molecule has 1 amide bonds. The second-order valence-electron chi connectivity index (χ2n) is 5.20. The van der Waals surface area contributed by atoms with Gasteiger partial charge in [-0.3, -0.25) is 4.79 Å². The Morgan fingerprint density at radius 3 is 2.47 bits per heavy atom. The van der Waals surface area contributed by atoms with E-state index >= 15 is 0 Å². The molecule has 3 N–H and O–H groups in total. The largest absolute Gasteiger partial charge is 0.369 e. The summed E-state index contributed by atoms with van der Waals surface area (Å²) < 4.78 is 0. The molecule has 0 aromatic carbocycles. The van der Waals surface area contributed by atoms with E-state index in [4.69, 9.17) is 5.73 Å². The molecular weight excluding hydrogens is 188 g/mol. The maximum Gasteiger partial charge on any atom is 0.223 e. The quantitative estimate of drug-likeness (QED) is 0.658. The number of carbonyl (C=O) groups is 1. The highest BCUT2D eigenvalue weighted by atomic mass is 16.1. The molecule has 0 aromatic heterocycles. The molecule has 1 aliphatic carbocycles. The highest BCUT2D eigenvalue weighted by Gasteiger charge is 2.38. The van der Waals surface area contributed by atoms with Gasteiger partial charge in [0.05, 0.1) is 5.41 Å². The Morgan fingerprint density at radius 2 is 2.00 bits per heavy atom. The van der Waals surface area contributed by atoms with Crippen LogP contribution in [0.1, 0.15) is 46.0 Å². The fraction of sp³-hybridized carbons (Fsp3) is 0.917. The second-order valence-corrected chi connectivity index (χ2v) is 5.20. The fourth-order valence-corrected chi connectivity index (χ4v) is 2.39. The van der Waals surface area contributed by atoms with Crippen molar-refractivity contribution in [3.63, 3.8) is 0 Å². The molecule has 0 radical (unpaired) electrons. The Balaban J connectivity index is 2.30. The number of nitrogens with two attached hydrogens (primary N) is 1. The van der Waals surface area contributed by atoms with Crippen LogP contribution >= 0.6 is 0 Å². The van der Waals surface area contributed by atoms with E-state index in [1.807, 2.05) is 0 Å². The van der Waals surface area contributed by atoms with Crippen molar-refractivity contribution in [2.75, 3.05) is 13.1 Å². The minimum Gasteiger partial charge on any atom is -0.369 e. The van der Waals surface area contributed by atoms with Crippen LogP contribution in [0.5, 0.6) is 0 Å². The van der Waals surface area contributed by atoms with Crippen LogP contribution < -0.4 is 11.1 Å². The van der Waals surface area contributed by atoms with Gasteiger partial charge in [-0.05, 0) is 38.3 Å². The van der Waals surface area contributed by atoms with Crippen LogP contribution in [0.25, 0.3) is 0 Å². The van der Waals surface area contributed by atoms with Gasteiger partial charge in [0.15, 0.2) is 0 Å². The van der Waals surface area contributed by atoms with Crippen molar-refractivity contribution < 1.29 is 4.79 Å². The predicted molar refractivity (Wildman–Crippen MR) is 62.4 cm³/mol.